The first-order chi connectivity index (χ1) is 15.3. The number of hydrogen-bond acceptors (Lipinski definition) is 3. The van der Waals surface area contributed by atoms with Gasteiger partial charge in [-0.3, -0.25) is 9.59 Å². The molecule has 6 nitrogen and oxygen atoms in total. The fraction of sp³-hybridized carbons (Fsp3) is 0.292. The SMILES string of the molecule is Cc1nn(-c2ccccc2)c(C)c1CN(C)C(=O)CCCNC(=O)c1ccc(F)cc1F. The second-order valence-electron chi connectivity index (χ2n) is 7.63. The van der Waals surface area contributed by atoms with Gasteiger partial charge in [0.15, 0.2) is 0 Å². The van der Waals surface area contributed by atoms with Crippen LogP contribution < -0.4 is 5.32 Å². The number of halogens is 2. The summed E-state index contributed by atoms with van der Waals surface area (Å²) >= 11 is 0. The van der Waals surface area contributed by atoms with Gasteiger partial charge in [0, 0.05) is 43.9 Å². The van der Waals surface area contributed by atoms with Gasteiger partial charge < -0.3 is 10.2 Å². The molecule has 0 aliphatic rings. The maximum absolute atomic E-state index is 13.7. The summed E-state index contributed by atoms with van der Waals surface area (Å²) in [6, 6.07) is 12.6. The van der Waals surface area contributed by atoms with Crippen molar-refractivity contribution in [2.45, 2.75) is 33.2 Å². The maximum Gasteiger partial charge on any atom is 0.254 e. The monoisotopic (exact) mass is 440 g/mol. The number of aromatic nitrogens is 2. The summed E-state index contributed by atoms with van der Waals surface area (Å²) in [6.07, 6.45) is 0.632. The van der Waals surface area contributed by atoms with Gasteiger partial charge in [0.25, 0.3) is 5.91 Å². The number of nitrogens with zero attached hydrogens (tertiary/aromatic N) is 3. The lowest BCUT2D eigenvalue weighted by atomic mass is 10.1. The maximum atomic E-state index is 13.7. The first-order valence-electron chi connectivity index (χ1n) is 10.4. The number of hydrogen-bond donors (Lipinski definition) is 1. The number of aryl methyl sites for hydroxylation is 1. The fourth-order valence-electron chi connectivity index (χ4n) is 3.45. The Kier molecular flexibility index (Phi) is 7.35. The van der Waals surface area contributed by atoms with E-state index >= 15 is 0 Å². The molecule has 3 aromatic rings. The van der Waals surface area contributed by atoms with E-state index in [2.05, 4.69) is 10.4 Å². The zero-order valence-corrected chi connectivity index (χ0v) is 18.4. The number of nitrogens with one attached hydrogen (secondary N) is 1. The Morgan fingerprint density at radius 3 is 2.50 bits per heavy atom. The predicted octanol–water partition coefficient (Wildman–Crippen LogP) is 3.94. The fourth-order valence-corrected chi connectivity index (χ4v) is 3.45. The third-order valence-electron chi connectivity index (χ3n) is 5.29. The Morgan fingerprint density at radius 1 is 1.09 bits per heavy atom. The Balaban J connectivity index is 1.51. The summed E-state index contributed by atoms with van der Waals surface area (Å²) in [5.41, 5.74) is 3.56. The van der Waals surface area contributed by atoms with E-state index in [-0.39, 0.29) is 24.4 Å². The van der Waals surface area contributed by atoms with Gasteiger partial charge in [0.1, 0.15) is 11.6 Å². The molecule has 8 heteroatoms. The van der Waals surface area contributed by atoms with Crippen molar-refractivity contribution in [3.63, 3.8) is 0 Å². The molecule has 2 aromatic carbocycles. The van der Waals surface area contributed by atoms with Crippen molar-refractivity contribution in [1.82, 2.24) is 20.0 Å². The van der Waals surface area contributed by atoms with Gasteiger partial charge in [-0.2, -0.15) is 5.10 Å². The largest absolute Gasteiger partial charge is 0.352 e. The minimum atomic E-state index is -0.917. The summed E-state index contributed by atoms with van der Waals surface area (Å²) < 4.78 is 28.5. The van der Waals surface area contributed by atoms with Crippen molar-refractivity contribution in [1.29, 1.82) is 0 Å². The molecule has 0 spiro atoms. The van der Waals surface area contributed by atoms with Crippen LogP contribution in [0.25, 0.3) is 5.69 Å². The second kappa shape index (κ2) is 10.2. The van der Waals surface area contributed by atoms with E-state index in [1.54, 1.807) is 11.9 Å². The molecule has 1 aromatic heterocycles. The number of rotatable bonds is 8. The minimum absolute atomic E-state index is 0.0709. The van der Waals surface area contributed by atoms with Gasteiger partial charge in [0.2, 0.25) is 5.91 Å². The van der Waals surface area contributed by atoms with Crippen LogP contribution in [0.3, 0.4) is 0 Å². The molecule has 0 fully saturated rings. The van der Waals surface area contributed by atoms with Crippen molar-refractivity contribution >= 4 is 11.8 Å². The van der Waals surface area contributed by atoms with Crippen LogP contribution in [0, 0.1) is 25.5 Å². The van der Waals surface area contributed by atoms with Crippen LogP contribution in [-0.2, 0) is 11.3 Å². The van der Waals surface area contributed by atoms with Crippen LogP contribution in [0.5, 0.6) is 0 Å². The van der Waals surface area contributed by atoms with Crippen molar-refractivity contribution in [2.24, 2.45) is 0 Å². The molecule has 0 atom stereocenters. The molecular weight excluding hydrogens is 414 g/mol. The van der Waals surface area contributed by atoms with E-state index < -0.39 is 17.5 Å². The first kappa shape index (κ1) is 23.1. The lowest BCUT2D eigenvalue weighted by Crippen LogP contribution is -2.29. The molecule has 1 N–H and O–H groups in total. The van der Waals surface area contributed by atoms with E-state index in [0.29, 0.717) is 19.0 Å². The number of benzene rings is 2. The predicted molar refractivity (Wildman–Crippen MR) is 117 cm³/mol. The van der Waals surface area contributed by atoms with E-state index in [1.165, 1.54) is 0 Å². The summed E-state index contributed by atoms with van der Waals surface area (Å²) in [5, 5.41) is 7.16. The molecule has 2 amide bonds. The van der Waals surface area contributed by atoms with Gasteiger partial charge >= 0.3 is 0 Å². The van der Waals surface area contributed by atoms with Gasteiger partial charge in [-0.1, -0.05) is 18.2 Å². The highest BCUT2D eigenvalue weighted by atomic mass is 19.1. The lowest BCUT2D eigenvalue weighted by Gasteiger charge is -2.18. The zero-order valence-electron chi connectivity index (χ0n) is 18.4. The Labute approximate surface area is 185 Å². The minimum Gasteiger partial charge on any atom is -0.352 e. The molecule has 1 heterocycles. The van der Waals surface area contributed by atoms with Crippen molar-refractivity contribution in [3.05, 3.63) is 82.7 Å². The van der Waals surface area contributed by atoms with Crippen LogP contribution in [0.15, 0.2) is 48.5 Å². The van der Waals surface area contributed by atoms with Crippen LogP contribution in [0.2, 0.25) is 0 Å². The second-order valence-corrected chi connectivity index (χ2v) is 7.63. The molecular formula is C24H26F2N4O2. The molecule has 0 aliphatic carbocycles. The van der Waals surface area contributed by atoms with E-state index in [9.17, 15) is 18.4 Å². The molecule has 168 valence electrons. The summed E-state index contributed by atoms with van der Waals surface area (Å²) in [5.74, 6) is -2.37. The standard InChI is InChI=1S/C24H26F2N4O2/c1-16-21(17(2)30(28-16)19-8-5-4-6-9-19)15-29(3)23(31)10-7-13-27-24(32)20-12-11-18(25)14-22(20)26/h4-6,8-9,11-12,14H,7,10,13,15H2,1-3H3,(H,27,32). The molecule has 0 aliphatic heterocycles. The Morgan fingerprint density at radius 2 is 1.81 bits per heavy atom. The van der Waals surface area contributed by atoms with E-state index in [4.69, 9.17) is 0 Å². The van der Waals surface area contributed by atoms with Gasteiger partial charge in [-0.15, -0.1) is 0 Å². The van der Waals surface area contributed by atoms with Crippen LogP contribution >= 0.6 is 0 Å². The molecule has 32 heavy (non-hydrogen) atoms. The molecule has 0 saturated carbocycles. The number of amides is 2. The Bertz CT molecular complexity index is 1110. The summed E-state index contributed by atoms with van der Waals surface area (Å²) in [6.45, 7) is 4.53. The third-order valence-corrected chi connectivity index (χ3v) is 5.29. The highest BCUT2D eigenvalue weighted by Gasteiger charge is 2.17. The van der Waals surface area contributed by atoms with Gasteiger partial charge in [-0.05, 0) is 44.5 Å². The van der Waals surface area contributed by atoms with E-state index in [0.717, 1.165) is 34.8 Å². The smallest absolute Gasteiger partial charge is 0.254 e. The zero-order chi connectivity index (χ0) is 23.3. The van der Waals surface area contributed by atoms with E-state index in [1.807, 2.05) is 48.9 Å². The number of carbonyl (C=O) groups is 2. The Hall–Kier alpha value is -3.55. The van der Waals surface area contributed by atoms with Gasteiger partial charge in [-0.25, -0.2) is 13.5 Å². The highest BCUT2D eigenvalue weighted by Crippen LogP contribution is 2.19. The average Bonchev–Trinajstić information content (AvgIpc) is 3.05. The average molecular weight is 440 g/mol. The number of para-hydroxylation sites is 1. The highest BCUT2D eigenvalue weighted by molar-refractivity contribution is 5.94. The third kappa shape index (κ3) is 5.38. The molecule has 3 rings (SSSR count). The molecule has 0 bridgehead atoms. The lowest BCUT2D eigenvalue weighted by molar-refractivity contribution is -0.130. The summed E-state index contributed by atoms with van der Waals surface area (Å²) in [4.78, 5) is 26.2. The van der Waals surface area contributed by atoms with Crippen molar-refractivity contribution < 1.29 is 18.4 Å². The van der Waals surface area contributed by atoms with Crippen LogP contribution in [0.4, 0.5) is 8.78 Å². The molecule has 0 radical (unpaired) electrons. The topological polar surface area (TPSA) is 67.2 Å². The number of carbonyl (C=O) groups excluding carboxylic acids is 2. The quantitative estimate of drug-likeness (QED) is 0.540. The molecule has 0 unspecified atom stereocenters. The van der Waals surface area contributed by atoms with Crippen LogP contribution in [0.1, 0.15) is 40.2 Å². The van der Waals surface area contributed by atoms with Crippen LogP contribution in [-0.4, -0.2) is 40.1 Å². The summed E-state index contributed by atoms with van der Waals surface area (Å²) in [7, 11) is 1.73. The first-order valence-corrected chi connectivity index (χ1v) is 10.4. The normalized spacial score (nSPS) is 10.8. The molecule has 0 saturated heterocycles. The van der Waals surface area contributed by atoms with Crippen molar-refractivity contribution in [2.75, 3.05) is 13.6 Å². The van der Waals surface area contributed by atoms with Crippen molar-refractivity contribution in [3.8, 4) is 5.69 Å². The van der Waals surface area contributed by atoms with Gasteiger partial charge in [0.05, 0.1) is 16.9 Å².